The van der Waals surface area contributed by atoms with Gasteiger partial charge in [-0.25, -0.2) is 0 Å². The van der Waals surface area contributed by atoms with Crippen LogP contribution in [0.15, 0.2) is 40.9 Å². The molecule has 3 aromatic rings. The molecule has 1 aliphatic heterocycles. The molecule has 0 bridgehead atoms. The van der Waals surface area contributed by atoms with Gasteiger partial charge < -0.3 is 29.7 Å². The Balaban J connectivity index is 1.44. The third kappa shape index (κ3) is 5.09. The number of nitrogens with one attached hydrogen (secondary N) is 1. The largest absolute Gasteiger partial charge is 0.507 e. The molecule has 0 spiro atoms. The van der Waals surface area contributed by atoms with E-state index in [0.717, 1.165) is 44.5 Å². The average molecular weight is 498 g/mol. The van der Waals surface area contributed by atoms with Gasteiger partial charge in [0.05, 0.1) is 23.3 Å². The van der Waals surface area contributed by atoms with Crippen LogP contribution in [0, 0.1) is 5.92 Å². The molecule has 2 aromatic carbocycles. The van der Waals surface area contributed by atoms with E-state index in [-0.39, 0.29) is 45.5 Å². The second kappa shape index (κ2) is 9.79. The van der Waals surface area contributed by atoms with Gasteiger partial charge in [-0.15, -0.1) is 0 Å². The van der Waals surface area contributed by atoms with Crippen molar-refractivity contribution in [3.05, 3.63) is 47.1 Å². The second-order valence-electron chi connectivity index (χ2n) is 9.28. The summed E-state index contributed by atoms with van der Waals surface area (Å²) in [5, 5.41) is 27.6. The number of halogens is 1. The van der Waals surface area contributed by atoms with E-state index in [2.05, 4.69) is 15.4 Å². The monoisotopic (exact) mass is 497 g/mol. The van der Waals surface area contributed by atoms with Crippen LogP contribution in [0.1, 0.15) is 36.2 Å². The molecule has 1 saturated heterocycles. The Labute approximate surface area is 208 Å². The van der Waals surface area contributed by atoms with Gasteiger partial charge in [-0.2, -0.15) is 0 Å². The van der Waals surface area contributed by atoms with Crippen LogP contribution < -0.4 is 10.1 Å². The van der Waals surface area contributed by atoms with Crippen molar-refractivity contribution in [2.75, 3.05) is 26.7 Å². The molecule has 1 amide bonds. The summed E-state index contributed by atoms with van der Waals surface area (Å²) in [4.78, 5) is 15.8. The van der Waals surface area contributed by atoms with Crippen LogP contribution in [0.5, 0.6) is 17.2 Å². The van der Waals surface area contributed by atoms with E-state index in [9.17, 15) is 15.0 Å². The maximum absolute atomic E-state index is 13.3. The first-order valence-corrected chi connectivity index (χ1v) is 12.2. The van der Waals surface area contributed by atoms with E-state index in [1.807, 2.05) is 0 Å². The van der Waals surface area contributed by atoms with Crippen molar-refractivity contribution < 1.29 is 24.3 Å². The fourth-order valence-corrected chi connectivity index (χ4v) is 4.73. The van der Waals surface area contributed by atoms with E-state index in [4.69, 9.17) is 20.9 Å². The predicted octanol–water partition coefficient (Wildman–Crippen LogP) is 4.69. The zero-order valence-electron chi connectivity index (χ0n) is 19.5. The summed E-state index contributed by atoms with van der Waals surface area (Å²) in [7, 11) is 1.57. The Morgan fingerprint density at radius 2 is 1.86 bits per heavy atom. The molecule has 35 heavy (non-hydrogen) atoms. The number of likely N-dealkylation sites (tertiary alicyclic amines) is 1. The van der Waals surface area contributed by atoms with Gasteiger partial charge in [-0.1, -0.05) is 28.9 Å². The quantitative estimate of drug-likeness (QED) is 0.434. The summed E-state index contributed by atoms with van der Waals surface area (Å²) >= 11 is 6.10. The van der Waals surface area contributed by atoms with E-state index < -0.39 is 0 Å². The van der Waals surface area contributed by atoms with Gasteiger partial charge >= 0.3 is 0 Å². The Hall–Kier alpha value is -3.23. The molecule has 1 aromatic heterocycles. The zero-order chi connectivity index (χ0) is 24.5. The summed E-state index contributed by atoms with van der Waals surface area (Å²) in [6.07, 6.45) is 4.44. The molecular weight excluding hydrogens is 470 g/mol. The van der Waals surface area contributed by atoms with Crippen molar-refractivity contribution in [2.24, 2.45) is 5.92 Å². The number of carbonyl (C=O) groups excluding carboxylic acids is 1. The number of methoxy groups -OCH3 is 1. The fraction of sp³-hybridized carbons (Fsp3) is 0.385. The molecule has 3 N–H and O–H groups in total. The molecule has 2 fully saturated rings. The standard InChI is InChI=1S/C26H28ClN3O5/c1-34-18-6-4-16(5-7-18)23-24(29-35-25(23)19-12-20(27)22(32)13-21(19)31)26(33)28-17-8-10-30(11-9-17)14-15-2-3-15/h4-7,12-13,15,17,31-32H,2-3,8-11,14H2,1H3,(H,28,33). The number of piperidine rings is 1. The Morgan fingerprint density at radius 1 is 1.14 bits per heavy atom. The normalized spacial score (nSPS) is 16.9. The second-order valence-corrected chi connectivity index (χ2v) is 9.68. The first-order valence-electron chi connectivity index (χ1n) is 11.8. The lowest BCUT2D eigenvalue weighted by molar-refractivity contribution is 0.0901. The van der Waals surface area contributed by atoms with Gasteiger partial charge in [0.15, 0.2) is 11.5 Å². The van der Waals surface area contributed by atoms with Gasteiger partial charge in [0.1, 0.15) is 17.2 Å². The lowest BCUT2D eigenvalue weighted by Crippen LogP contribution is -2.45. The number of amides is 1. The summed E-state index contributed by atoms with van der Waals surface area (Å²) in [5.41, 5.74) is 1.43. The van der Waals surface area contributed by atoms with Crippen molar-refractivity contribution in [1.29, 1.82) is 0 Å². The van der Waals surface area contributed by atoms with Crippen molar-refractivity contribution in [3.63, 3.8) is 0 Å². The van der Waals surface area contributed by atoms with Crippen molar-refractivity contribution in [1.82, 2.24) is 15.4 Å². The minimum absolute atomic E-state index is 0.0406. The van der Waals surface area contributed by atoms with Gasteiger partial charge in [-0.3, -0.25) is 4.79 Å². The van der Waals surface area contributed by atoms with Crippen molar-refractivity contribution >= 4 is 17.5 Å². The SMILES string of the molecule is COc1ccc(-c2c(C(=O)NC3CCN(CC4CC4)CC3)noc2-c2cc(Cl)c(O)cc2O)cc1. The van der Waals surface area contributed by atoms with Crippen molar-refractivity contribution in [2.45, 2.75) is 31.7 Å². The summed E-state index contributed by atoms with van der Waals surface area (Å²) in [6, 6.07) is 9.70. The number of aromatic nitrogens is 1. The predicted molar refractivity (Wildman–Crippen MR) is 132 cm³/mol. The van der Waals surface area contributed by atoms with Crippen LogP contribution in [0.4, 0.5) is 0 Å². The Bertz CT molecular complexity index is 1210. The minimum Gasteiger partial charge on any atom is -0.507 e. The topological polar surface area (TPSA) is 108 Å². The zero-order valence-corrected chi connectivity index (χ0v) is 20.2. The molecule has 1 saturated carbocycles. The molecule has 2 heterocycles. The number of nitrogens with zero attached hydrogens (tertiary/aromatic N) is 2. The molecule has 0 unspecified atom stereocenters. The molecule has 5 rings (SSSR count). The molecule has 1 aliphatic carbocycles. The summed E-state index contributed by atoms with van der Waals surface area (Å²) in [5.74, 6) is 0.852. The lowest BCUT2D eigenvalue weighted by atomic mass is 9.97. The first-order chi connectivity index (χ1) is 16.9. The van der Waals surface area contributed by atoms with E-state index in [1.54, 1.807) is 31.4 Å². The van der Waals surface area contributed by atoms with Crippen LogP contribution in [-0.2, 0) is 0 Å². The van der Waals surface area contributed by atoms with Crippen LogP contribution in [0.2, 0.25) is 5.02 Å². The average Bonchev–Trinajstić information content (AvgIpc) is 3.57. The number of benzene rings is 2. The third-order valence-corrected chi connectivity index (χ3v) is 7.03. The van der Waals surface area contributed by atoms with E-state index >= 15 is 0 Å². The Kier molecular flexibility index (Phi) is 6.58. The number of ether oxygens (including phenoxy) is 1. The maximum atomic E-state index is 13.3. The molecule has 0 radical (unpaired) electrons. The van der Waals surface area contributed by atoms with Gasteiger partial charge in [-0.05, 0) is 55.4 Å². The molecule has 2 aliphatic rings. The van der Waals surface area contributed by atoms with Crippen LogP contribution >= 0.6 is 11.6 Å². The molecule has 9 heteroatoms. The summed E-state index contributed by atoms with van der Waals surface area (Å²) in [6.45, 7) is 3.10. The highest BCUT2D eigenvalue weighted by molar-refractivity contribution is 6.32. The fourth-order valence-electron chi connectivity index (χ4n) is 4.57. The summed E-state index contributed by atoms with van der Waals surface area (Å²) < 4.78 is 10.9. The number of hydrogen-bond donors (Lipinski definition) is 3. The number of rotatable bonds is 7. The highest BCUT2D eigenvalue weighted by Crippen LogP contribution is 2.43. The van der Waals surface area contributed by atoms with Gasteiger partial charge in [0, 0.05) is 31.7 Å². The third-order valence-electron chi connectivity index (χ3n) is 6.73. The van der Waals surface area contributed by atoms with Crippen LogP contribution in [0.3, 0.4) is 0 Å². The van der Waals surface area contributed by atoms with Crippen LogP contribution in [0.25, 0.3) is 22.5 Å². The highest BCUT2D eigenvalue weighted by atomic mass is 35.5. The Morgan fingerprint density at radius 3 is 2.51 bits per heavy atom. The lowest BCUT2D eigenvalue weighted by Gasteiger charge is -2.32. The highest BCUT2D eigenvalue weighted by Gasteiger charge is 2.30. The molecule has 0 atom stereocenters. The van der Waals surface area contributed by atoms with Crippen molar-refractivity contribution in [3.8, 4) is 39.7 Å². The number of phenols is 2. The first kappa shape index (κ1) is 23.5. The number of aromatic hydroxyl groups is 2. The molecular formula is C26H28ClN3O5. The number of phenolic OH excluding ortho intramolecular Hbond substituents is 2. The maximum Gasteiger partial charge on any atom is 0.274 e. The number of hydrogen-bond acceptors (Lipinski definition) is 7. The van der Waals surface area contributed by atoms with Gasteiger partial charge in [0.2, 0.25) is 0 Å². The molecule has 8 nitrogen and oxygen atoms in total. The van der Waals surface area contributed by atoms with E-state index in [0.29, 0.717) is 16.9 Å². The minimum atomic E-state index is -0.337. The van der Waals surface area contributed by atoms with Gasteiger partial charge in [0.25, 0.3) is 5.91 Å². The number of carbonyl (C=O) groups is 1. The van der Waals surface area contributed by atoms with Crippen LogP contribution in [-0.4, -0.2) is 59.0 Å². The van der Waals surface area contributed by atoms with E-state index in [1.165, 1.54) is 18.9 Å². The molecule has 184 valence electrons. The smallest absolute Gasteiger partial charge is 0.274 e.